The van der Waals surface area contributed by atoms with Crippen LogP contribution in [0.1, 0.15) is 28.3 Å². The Labute approximate surface area is 125 Å². The van der Waals surface area contributed by atoms with Crippen molar-refractivity contribution in [1.29, 1.82) is 0 Å². The van der Waals surface area contributed by atoms with Crippen molar-refractivity contribution in [3.63, 3.8) is 0 Å². The predicted molar refractivity (Wildman–Crippen MR) is 83.9 cm³/mol. The minimum absolute atomic E-state index is 0.0257. The summed E-state index contributed by atoms with van der Waals surface area (Å²) < 4.78 is 0. The molecule has 1 aliphatic carbocycles. The molecule has 2 aromatic carbocycles. The lowest BCUT2D eigenvalue weighted by molar-refractivity contribution is -0.121. The lowest BCUT2D eigenvalue weighted by Gasteiger charge is -2.18. The van der Waals surface area contributed by atoms with Gasteiger partial charge in [0, 0.05) is 6.04 Å². The van der Waals surface area contributed by atoms with Gasteiger partial charge in [-0.05, 0) is 30.0 Å². The van der Waals surface area contributed by atoms with Crippen molar-refractivity contribution in [2.45, 2.75) is 31.8 Å². The molecule has 0 aliphatic heterocycles. The zero-order valence-electron chi connectivity index (χ0n) is 12.2. The van der Waals surface area contributed by atoms with E-state index in [0.717, 1.165) is 17.5 Å². The molecule has 3 heteroatoms. The van der Waals surface area contributed by atoms with Crippen LogP contribution in [-0.4, -0.2) is 11.9 Å². The third kappa shape index (κ3) is 2.98. The second kappa shape index (κ2) is 5.70. The molecule has 1 amide bonds. The molecule has 1 aliphatic rings. The van der Waals surface area contributed by atoms with Gasteiger partial charge in [0.05, 0.1) is 12.5 Å². The molecule has 0 heterocycles. The Morgan fingerprint density at radius 3 is 2.86 bits per heavy atom. The summed E-state index contributed by atoms with van der Waals surface area (Å²) in [4.78, 5) is 12.3. The number of carbonyl (C=O) groups is 1. The lowest BCUT2D eigenvalue weighted by Crippen LogP contribution is -2.39. The molecule has 3 rings (SSSR count). The fourth-order valence-electron chi connectivity index (χ4n) is 3.04. The van der Waals surface area contributed by atoms with Crippen molar-refractivity contribution >= 4 is 5.91 Å². The van der Waals surface area contributed by atoms with Crippen LogP contribution in [-0.2, 0) is 17.6 Å². The monoisotopic (exact) mass is 280 g/mol. The summed E-state index contributed by atoms with van der Waals surface area (Å²) in [5.74, 6) is 0.0257. The van der Waals surface area contributed by atoms with E-state index in [4.69, 9.17) is 5.73 Å². The maximum Gasteiger partial charge on any atom is 0.224 e. The molecular weight excluding hydrogens is 260 g/mol. The van der Waals surface area contributed by atoms with Gasteiger partial charge in [-0.25, -0.2) is 0 Å². The Hall–Kier alpha value is -2.13. The van der Waals surface area contributed by atoms with Gasteiger partial charge in [0.1, 0.15) is 0 Å². The minimum atomic E-state index is -0.0708. The first-order valence-corrected chi connectivity index (χ1v) is 7.32. The van der Waals surface area contributed by atoms with Gasteiger partial charge in [0.25, 0.3) is 0 Å². The molecule has 0 fully saturated rings. The third-order valence-electron chi connectivity index (χ3n) is 4.04. The van der Waals surface area contributed by atoms with Gasteiger partial charge in [-0.15, -0.1) is 0 Å². The van der Waals surface area contributed by atoms with Crippen LogP contribution in [0.5, 0.6) is 0 Å². The van der Waals surface area contributed by atoms with Crippen LogP contribution < -0.4 is 11.1 Å². The quantitative estimate of drug-likeness (QED) is 0.906. The van der Waals surface area contributed by atoms with Gasteiger partial charge in [-0.2, -0.15) is 0 Å². The highest BCUT2D eigenvalue weighted by Crippen LogP contribution is 2.30. The van der Waals surface area contributed by atoms with Gasteiger partial charge in [0.15, 0.2) is 0 Å². The second-order valence-electron chi connectivity index (χ2n) is 5.78. The molecule has 0 saturated heterocycles. The van der Waals surface area contributed by atoms with E-state index >= 15 is 0 Å². The van der Waals surface area contributed by atoms with Crippen LogP contribution >= 0.6 is 0 Å². The number of hydrogen-bond acceptors (Lipinski definition) is 2. The number of hydrogen-bond donors (Lipinski definition) is 2. The molecule has 0 radical (unpaired) electrons. The van der Waals surface area contributed by atoms with E-state index in [-0.39, 0.29) is 18.0 Å². The van der Waals surface area contributed by atoms with E-state index in [0.29, 0.717) is 6.42 Å². The largest absolute Gasteiger partial charge is 0.347 e. The molecule has 2 aromatic rings. The Kier molecular flexibility index (Phi) is 3.76. The van der Waals surface area contributed by atoms with Gasteiger partial charge in [0.2, 0.25) is 5.91 Å². The Bertz CT molecular complexity index is 666. The first-order valence-electron chi connectivity index (χ1n) is 7.32. The second-order valence-corrected chi connectivity index (χ2v) is 5.78. The number of aryl methyl sites for hydroxylation is 1. The maximum atomic E-state index is 12.3. The van der Waals surface area contributed by atoms with Crippen LogP contribution in [0.25, 0.3) is 0 Å². The Morgan fingerprint density at radius 2 is 2.05 bits per heavy atom. The van der Waals surface area contributed by atoms with E-state index in [1.165, 1.54) is 11.1 Å². The molecule has 0 bridgehead atoms. The molecule has 3 N–H and O–H groups in total. The number of fused-ring (bicyclic) bond motifs is 1. The average Bonchev–Trinajstić information content (AvgIpc) is 2.75. The Balaban J connectivity index is 1.70. The molecule has 0 aromatic heterocycles. The lowest BCUT2D eigenvalue weighted by atomic mass is 10.1. The van der Waals surface area contributed by atoms with Crippen molar-refractivity contribution in [2.75, 3.05) is 0 Å². The topological polar surface area (TPSA) is 55.1 Å². The number of benzene rings is 2. The first kappa shape index (κ1) is 13.8. The summed E-state index contributed by atoms with van der Waals surface area (Å²) in [7, 11) is 0. The SMILES string of the molecule is Cc1cccc(CC(=O)NC2c3ccccc3CC2N)c1. The predicted octanol–water partition coefficient (Wildman–Crippen LogP) is 2.28. The molecular formula is C18H20N2O. The fraction of sp³-hybridized carbons (Fsp3) is 0.278. The van der Waals surface area contributed by atoms with E-state index < -0.39 is 0 Å². The van der Waals surface area contributed by atoms with E-state index in [1.807, 2.05) is 43.3 Å². The van der Waals surface area contributed by atoms with Gasteiger partial charge in [-0.3, -0.25) is 4.79 Å². The van der Waals surface area contributed by atoms with Crippen LogP contribution in [0.3, 0.4) is 0 Å². The summed E-state index contributed by atoms with van der Waals surface area (Å²) >= 11 is 0. The maximum absolute atomic E-state index is 12.3. The van der Waals surface area contributed by atoms with Crippen molar-refractivity contribution < 1.29 is 4.79 Å². The van der Waals surface area contributed by atoms with Crippen molar-refractivity contribution in [1.82, 2.24) is 5.32 Å². The molecule has 2 unspecified atom stereocenters. The fourth-order valence-corrected chi connectivity index (χ4v) is 3.04. The summed E-state index contributed by atoms with van der Waals surface area (Å²) in [6.07, 6.45) is 1.22. The normalized spacial score (nSPS) is 20.1. The number of carbonyl (C=O) groups excluding carboxylic acids is 1. The van der Waals surface area contributed by atoms with Crippen molar-refractivity contribution in [2.24, 2.45) is 5.73 Å². The Morgan fingerprint density at radius 1 is 1.24 bits per heavy atom. The van der Waals surface area contributed by atoms with Crippen LogP contribution in [0.2, 0.25) is 0 Å². The zero-order valence-corrected chi connectivity index (χ0v) is 12.2. The van der Waals surface area contributed by atoms with E-state index in [2.05, 4.69) is 17.4 Å². The highest BCUT2D eigenvalue weighted by Gasteiger charge is 2.30. The van der Waals surface area contributed by atoms with Crippen LogP contribution in [0.15, 0.2) is 48.5 Å². The number of amides is 1. The molecule has 21 heavy (non-hydrogen) atoms. The third-order valence-corrected chi connectivity index (χ3v) is 4.04. The molecule has 108 valence electrons. The molecule has 0 spiro atoms. The minimum Gasteiger partial charge on any atom is -0.347 e. The first-order chi connectivity index (χ1) is 10.1. The van der Waals surface area contributed by atoms with Gasteiger partial charge in [-0.1, -0.05) is 54.1 Å². The van der Waals surface area contributed by atoms with Gasteiger partial charge >= 0.3 is 0 Å². The molecule has 0 saturated carbocycles. The number of rotatable bonds is 3. The van der Waals surface area contributed by atoms with Crippen molar-refractivity contribution in [3.8, 4) is 0 Å². The molecule has 2 atom stereocenters. The summed E-state index contributed by atoms with van der Waals surface area (Å²) in [6.45, 7) is 2.03. The van der Waals surface area contributed by atoms with Crippen LogP contribution in [0.4, 0.5) is 0 Å². The summed E-state index contributed by atoms with van der Waals surface area (Å²) in [6, 6.07) is 16.1. The van der Waals surface area contributed by atoms with Gasteiger partial charge < -0.3 is 11.1 Å². The molecule has 3 nitrogen and oxygen atoms in total. The summed E-state index contributed by atoms with van der Waals surface area (Å²) in [5.41, 5.74) is 10.8. The summed E-state index contributed by atoms with van der Waals surface area (Å²) in [5, 5.41) is 3.09. The standard InChI is InChI=1S/C18H20N2O/c1-12-5-4-6-13(9-12)10-17(21)20-18-15-8-3-2-7-14(15)11-16(18)19/h2-9,16,18H,10-11,19H2,1H3,(H,20,21). The van der Waals surface area contributed by atoms with Crippen LogP contribution in [0, 0.1) is 6.92 Å². The smallest absolute Gasteiger partial charge is 0.224 e. The number of nitrogens with two attached hydrogens (primary N) is 1. The zero-order chi connectivity index (χ0) is 14.8. The highest BCUT2D eigenvalue weighted by molar-refractivity contribution is 5.79. The van der Waals surface area contributed by atoms with E-state index in [9.17, 15) is 4.79 Å². The average molecular weight is 280 g/mol. The highest BCUT2D eigenvalue weighted by atomic mass is 16.1. The van der Waals surface area contributed by atoms with Crippen molar-refractivity contribution in [3.05, 3.63) is 70.8 Å². The van der Waals surface area contributed by atoms with E-state index in [1.54, 1.807) is 0 Å². The number of nitrogens with one attached hydrogen (secondary N) is 1.